The Balaban J connectivity index is 1.52. The van der Waals surface area contributed by atoms with Crippen molar-refractivity contribution in [3.05, 3.63) is 30.1 Å². The van der Waals surface area contributed by atoms with Crippen molar-refractivity contribution in [1.29, 1.82) is 0 Å². The number of nitrogens with zero attached hydrogens (tertiary/aromatic N) is 2. The highest BCUT2D eigenvalue weighted by Crippen LogP contribution is 2.38. The Morgan fingerprint density at radius 3 is 3.05 bits per heavy atom. The third kappa shape index (κ3) is 2.63. The number of aromatic nitrogens is 1. The van der Waals surface area contributed by atoms with Gasteiger partial charge in [-0.1, -0.05) is 6.07 Å². The molecule has 0 radical (unpaired) electrons. The lowest BCUT2D eigenvalue weighted by Crippen LogP contribution is -2.31. The Bertz CT molecular complexity index is 449. The van der Waals surface area contributed by atoms with E-state index >= 15 is 0 Å². The molecule has 1 aromatic heterocycles. The third-order valence-corrected chi connectivity index (χ3v) is 4.52. The van der Waals surface area contributed by atoms with Crippen molar-refractivity contribution in [2.45, 2.75) is 31.8 Å². The maximum absolute atomic E-state index is 12.2. The van der Waals surface area contributed by atoms with E-state index in [1.165, 1.54) is 0 Å². The molecule has 0 bridgehead atoms. The monoisotopic (exact) mass is 260 g/mol. The molecule has 1 aliphatic carbocycles. The van der Waals surface area contributed by atoms with Crippen LogP contribution in [0.1, 0.15) is 24.8 Å². The first kappa shape index (κ1) is 12.6. The molecule has 2 aliphatic rings. The van der Waals surface area contributed by atoms with Gasteiger partial charge in [-0.25, -0.2) is 0 Å². The van der Waals surface area contributed by atoms with Crippen LogP contribution < -0.4 is 0 Å². The summed E-state index contributed by atoms with van der Waals surface area (Å²) in [6.07, 6.45) is 6.64. The summed E-state index contributed by atoms with van der Waals surface area (Å²) in [7, 11) is 0. The summed E-state index contributed by atoms with van der Waals surface area (Å²) >= 11 is 0. The second-order valence-corrected chi connectivity index (χ2v) is 5.73. The van der Waals surface area contributed by atoms with Crippen LogP contribution in [0.5, 0.6) is 0 Å². The zero-order valence-electron chi connectivity index (χ0n) is 11.0. The maximum Gasteiger partial charge on any atom is 0.222 e. The highest BCUT2D eigenvalue weighted by molar-refractivity contribution is 5.76. The highest BCUT2D eigenvalue weighted by atomic mass is 16.3. The maximum atomic E-state index is 12.2. The van der Waals surface area contributed by atoms with E-state index in [0.717, 1.165) is 37.9 Å². The molecule has 4 nitrogen and oxygen atoms in total. The quantitative estimate of drug-likeness (QED) is 0.889. The topological polar surface area (TPSA) is 53.4 Å². The largest absolute Gasteiger partial charge is 0.393 e. The minimum absolute atomic E-state index is 0.193. The van der Waals surface area contributed by atoms with Crippen molar-refractivity contribution < 1.29 is 9.90 Å². The van der Waals surface area contributed by atoms with Gasteiger partial charge < -0.3 is 10.0 Å². The minimum atomic E-state index is -0.193. The molecular formula is C15H20N2O2. The lowest BCUT2D eigenvalue weighted by molar-refractivity contribution is -0.130. The first-order valence-electron chi connectivity index (χ1n) is 7.09. The van der Waals surface area contributed by atoms with Gasteiger partial charge in [0.05, 0.1) is 6.10 Å². The highest BCUT2D eigenvalue weighted by Gasteiger charge is 2.42. The average molecular weight is 260 g/mol. The van der Waals surface area contributed by atoms with Gasteiger partial charge in [0.25, 0.3) is 0 Å². The van der Waals surface area contributed by atoms with Crippen LogP contribution in [-0.4, -0.2) is 40.1 Å². The van der Waals surface area contributed by atoms with Gasteiger partial charge in [0.15, 0.2) is 0 Å². The van der Waals surface area contributed by atoms with Gasteiger partial charge in [0, 0.05) is 37.8 Å². The molecule has 1 N–H and O–H groups in total. The molecule has 2 heterocycles. The van der Waals surface area contributed by atoms with Crippen molar-refractivity contribution in [2.24, 2.45) is 11.8 Å². The van der Waals surface area contributed by atoms with Crippen LogP contribution in [0.15, 0.2) is 24.5 Å². The zero-order chi connectivity index (χ0) is 13.2. The average Bonchev–Trinajstić information content (AvgIpc) is 3.00. The van der Waals surface area contributed by atoms with E-state index in [4.69, 9.17) is 0 Å². The number of rotatable bonds is 3. The van der Waals surface area contributed by atoms with Gasteiger partial charge in [-0.05, 0) is 36.8 Å². The molecule has 1 aliphatic heterocycles. The van der Waals surface area contributed by atoms with E-state index in [2.05, 4.69) is 4.98 Å². The van der Waals surface area contributed by atoms with Crippen molar-refractivity contribution in [3.63, 3.8) is 0 Å². The first-order chi connectivity index (χ1) is 9.24. The van der Waals surface area contributed by atoms with Crippen LogP contribution >= 0.6 is 0 Å². The Morgan fingerprint density at radius 2 is 2.32 bits per heavy atom. The zero-order valence-corrected chi connectivity index (χ0v) is 11.0. The van der Waals surface area contributed by atoms with E-state index in [0.29, 0.717) is 18.3 Å². The fraction of sp³-hybridized carbons (Fsp3) is 0.600. The van der Waals surface area contributed by atoms with Crippen LogP contribution in [0.25, 0.3) is 0 Å². The number of carbonyl (C=O) groups is 1. The summed E-state index contributed by atoms with van der Waals surface area (Å²) in [5.74, 6) is 1.06. The number of pyridine rings is 1. The molecule has 4 heteroatoms. The smallest absolute Gasteiger partial charge is 0.222 e. The van der Waals surface area contributed by atoms with E-state index in [1.807, 2.05) is 23.2 Å². The van der Waals surface area contributed by atoms with Crippen LogP contribution in [0.4, 0.5) is 0 Å². The molecule has 3 atom stereocenters. The molecule has 0 spiro atoms. The van der Waals surface area contributed by atoms with Gasteiger partial charge in [0.1, 0.15) is 0 Å². The number of fused-ring (bicyclic) bond motifs is 1. The number of aryl methyl sites for hydroxylation is 1. The molecule has 0 aromatic carbocycles. The van der Waals surface area contributed by atoms with Crippen LogP contribution in [0.2, 0.25) is 0 Å². The van der Waals surface area contributed by atoms with E-state index in [-0.39, 0.29) is 12.0 Å². The second-order valence-electron chi connectivity index (χ2n) is 5.73. The molecule has 19 heavy (non-hydrogen) atoms. The molecule has 1 saturated carbocycles. The molecular weight excluding hydrogens is 240 g/mol. The number of hydrogen-bond donors (Lipinski definition) is 1. The van der Waals surface area contributed by atoms with Gasteiger partial charge in [0.2, 0.25) is 5.91 Å². The number of aliphatic hydroxyl groups is 1. The van der Waals surface area contributed by atoms with Crippen LogP contribution in [0, 0.1) is 11.8 Å². The molecule has 3 rings (SSSR count). The summed E-state index contributed by atoms with van der Waals surface area (Å²) in [5.41, 5.74) is 1.11. The first-order valence-corrected chi connectivity index (χ1v) is 7.09. The molecule has 1 saturated heterocycles. The summed E-state index contributed by atoms with van der Waals surface area (Å²) in [6.45, 7) is 1.59. The SMILES string of the molecule is O=C(CCc1cccnc1)N1CC2CCC(O)C2C1. The summed E-state index contributed by atoms with van der Waals surface area (Å²) in [6, 6.07) is 3.90. The summed E-state index contributed by atoms with van der Waals surface area (Å²) < 4.78 is 0. The minimum Gasteiger partial charge on any atom is -0.393 e. The number of likely N-dealkylation sites (tertiary alicyclic amines) is 1. The fourth-order valence-electron chi connectivity index (χ4n) is 3.40. The van der Waals surface area contributed by atoms with E-state index < -0.39 is 0 Å². The van der Waals surface area contributed by atoms with Crippen LogP contribution in [-0.2, 0) is 11.2 Å². The Labute approximate surface area is 113 Å². The fourth-order valence-corrected chi connectivity index (χ4v) is 3.40. The van der Waals surface area contributed by atoms with Crippen molar-refractivity contribution in [3.8, 4) is 0 Å². The van der Waals surface area contributed by atoms with Crippen molar-refractivity contribution in [1.82, 2.24) is 9.88 Å². The Hall–Kier alpha value is -1.42. The predicted octanol–water partition coefficient (Wildman–Crippen LogP) is 1.24. The van der Waals surface area contributed by atoms with Gasteiger partial charge >= 0.3 is 0 Å². The van der Waals surface area contributed by atoms with Crippen molar-refractivity contribution in [2.75, 3.05) is 13.1 Å². The lowest BCUT2D eigenvalue weighted by atomic mass is 10.00. The van der Waals surface area contributed by atoms with Gasteiger partial charge in [-0.2, -0.15) is 0 Å². The van der Waals surface area contributed by atoms with E-state index in [1.54, 1.807) is 6.20 Å². The predicted molar refractivity (Wildman–Crippen MR) is 71.4 cm³/mol. The van der Waals surface area contributed by atoms with Gasteiger partial charge in [-0.15, -0.1) is 0 Å². The normalized spacial score (nSPS) is 29.5. The molecule has 3 unspecified atom stereocenters. The second kappa shape index (κ2) is 5.29. The standard InChI is InChI=1S/C15H20N2O2/c18-14-5-4-12-9-17(10-13(12)14)15(19)6-3-11-2-1-7-16-8-11/h1-2,7-8,12-14,18H,3-6,9-10H2. The van der Waals surface area contributed by atoms with E-state index in [9.17, 15) is 9.90 Å². The molecule has 2 fully saturated rings. The Morgan fingerprint density at radius 1 is 1.42 bits per heavy atom. The van der Waals surface area contributed by atoms with Crippen molar-refractivity contribution >= 4 is 5.91 Å². The summed E-state index contributed by atoms with van der Waals surface area (Å²) in [5, 5.41) is 9.86. The molecule has 1 amide bonds. The lowest BCUT2D eigenvalue weighted by Gasteiger charge is -2.18. The third-order valence-electron chi connectivity index (χ3n) is 4.52. The molecule has 102 valence electrons. The number of carbonyl (C=O) groups excluding carboxylic acids is 1. The Kier molecular flexibility index (Phi) is 3.51. The number of hydrogen-bond acceptors (Lipinski definition) is 3. The summed E-state index contributed by atoms with van der Waals surface area (Å²) in [4.78, 5) is 18.2. The number of amides is 1. The van der Waals surface area contributed by atoms with Crippen LogP contribution in [0.3, 0.4) is 0 Å². The molecule has 1 aromatic rings. The van der Waals surface area contributed by atoms with Gasteiger partial charge in [-0.3, -0.25) is 9.78 Å². The number of aliphatic hydroxyl groups excluding tert-OH is 1.